The van der Waals surface area contributed by atoms with Crippen molar-refractivity contribution in [3.05, 3.63) is 65.6 Å². The van der Waals surface area contributed by atoms with Crippen molar-refractivity contribution in [3.8, 4) is 17.3 Å². The first-order chi connectivity index (χ1) is 15.0. The molecule has 2 aromatic heterocycles. The van der Waals surface area contributed by atoms with Crippen molar-refractivity contribution >= 4 is 5.91 Å². The lowest BCUT2D eigenvalue weighted by Crippen LogP contribution is -2.50. The molecule has 0 saturated carbocycles. The third-order valence-corrected chi connectivity index (χ3v) is 6.02. The molecule has 0 radical (unpaired) electrons. The number of amides is 1. The first-order valence-electron chi connectivity index (χ1n) is 10.7. The monoisotopic (exact) mass is 418 g/mol. The summed E-state index contributed by atoms with van der Waals surface area (Å²) in [6, 6.07) is 11.5. The van der Waals surface area contributed by atoms with Crippen molar-refractivity contribution in [3.63, 3.8) is 0 Å². The van der Waals surface area contributed by atoms with Crippen molar-refractivity contribution in [1.29, 1.82) is 0 Å². The van der Waals surface area contributed by atoms with Gasteiger partial charge in [0.1, 0.15) is 11.4 Å². The summed E-state index contributed by atoms with van der Waals surface area (Å²) in [5.74, 6) is 1.45. The molecule has 1 spiro atoms. The normalized spacial score (nSPS) is 16.6. The molecule has 4 heterocycles. The highest BCUT2D eigenvalue weighted by molar-refractivity contribution is 5.94. The molecule has 1 fully saturated rings. The van der Waals surface area contributed by atoms with Crippen LogP contribution >= 0.6 is 0 Å². The summed E-state index contributed by atoms with van der Waals surface area (Å²) >= 11 is 0. The van der Waals surface area contributed by atoms with Gasteiger partial charge in [0, 0.05) is 43.9 Å². The van der Waals surface area contributed by atoms with E-state index in [9.17, 15) is 4.79 Å². The highest BCUT2D eigenvalue weighted by Crippen LogP contribution is 2.43. The number of likely N-dealkylation sites (tertiary alicyclic amines) is 1. The third-order valence-electron chi connectivity index (χ3n) is 6.02. The fourth-order valence-corrected chi connectivity index (χ4v) is 4.48. The van der Waals surface area contributed by atoms with Crippen LogP contribution in [0.15, 0.2) is 48.8 Å². The van der Waals surface area contributed by atoms with Crippen molar-refractivity contribution in [2.75, 3.05) is 13.1 Å². The number of aromatic nitrogens is 3. The number of benzene rings is 1. The van der Waals surface area contributed by atoms with E-state index < -0.39 is 5.60 Å². The van der Waals surface area contributed by atoms with Gasteiger partial charge in [-0.3, -0.25) is 4.79 Å². The molecule has 0 bridgehead atoms. The second kappa shape index (κ2) is 7.41. The number of aryl methyl sites for hydroxylation is 1. The van der Waals surface area contributed by atoms with E-state index in [1.807, 2.05) is 66.8 Å². The molecule has 31 heavy (non-hydrogen) atoms. The third kappa shape index (κ3) is 3.34. The number of rotatable bonds is 3. The predicted molar refractivity (Wildman–Crippen MR) is 116 cm³/mol. The van der Waals surface area contributed by atoms with Crippen LogP contribution in [0.25, 0.3) is 5.69 Å². The molecule has 0 atom stereocenters. The minimum atomic E-state index is -0.514. The van der Waals surface area contributed by atoms with E-state index in [1.165, 1.54) is 0 Å². The number of fused-ring (bicyclic) bond motifs is 4. The summed E-state index contributed by atoms with van der Waals surface area (Å²) in [6.45, 7) is 7.18. The molecule has 0 aliphatic carbocycles. The van der Waals surface area contributed by atoms with Gasteiger partial charge in [0.2, 0.25) is 5.88 Å². The minimum Gasteiger partial charge on any atom is -0.491 e. The zero-order chi connectivity index (χ0) is 21.6. The molecule has 1 amide bonds. The standard InChI is InChI=1S/C24H26N4O3/c1-16(2)30-20-7-6-18(15-17(20)3)23(29)27-13-9-24(10-14-27)21-8-12-26-28(21)19-5-4-11-25-22(19)31-24/h4-8,11-12,15-16H,9-10,13-14H2,1-3H3. The number of carbonyl (C=O) groups excluding carboxylic acids is 1. The van der Waals surface area contributed by atoms with Gasteiger partial charge in [0.05, 0.1) is 11.8 Å². The maximum absolute atomic E-state index is 13.2. The van der Waals surface area contributed by atoms with Crippen LogP contribution < -0.4 is 9.47 Å². The lowest BCUT2D eigenvalue weighted by atomic mass is 9.86. The quantitative estimate of drug-likeness (QED) is 0.646. The van der Waals surface area contributed by atoms with E-state index in [2.05, 4.69) is 10.1 Å². The zero-order valence-corrected chi connectivity index (χ0v) is 18.0. The number of carbonyl (C=O) groups is 1. The fourth-order valence-electron chi connectivity index (χ4n) is 4.48. The molecule has 1 aromatic carbocycles. The van der Waals surface area contributed by atoms with Crippen molar-refractivity contribution in [2.24, 2.45) is 0 Å². The summed E-state index contributed by atoms with van der Waals surface area (Å²) in [5, 5.41) is 4.49. The van der Waals surface area contributed by atoms with Crippen LogP contribution in [0.2, 0.25) is 0 Å². The summed E-state index contributed by atoms with van der Waals surface area (Å²) in [6.07, 6.45) is 5.00. The van der Waals surface area contributed by atoms with Gasteiger partial charge >= 0.3 is 0 Å². The van der Waals surface area contributed by atoms with Crippen LogP contribution in [0.3, 0.4) is 0 Å². The molecular weight excluding hydrogens is 392 g/mol. The topological polar surface area (TPSA) is 69.5 Å². The van der Waals surface area contributed by atoms with E-state index in [4.69, 9.17) is 9.47 Å². The number of nitrogens with zero attached hydrogens (tertiary/aromatic N) is 4. The molecule has 1 saturated heterocycles. The Kier molecular flexibility index (Phi) is 4.68. The lowest BCUT2D eigenvalue weighted by molar-refractivity contribution is -0.0137. The molecule has 0 N–H and O–H groups in total. The first-order valence-corrected chi connectivity index (χ1v) is 10.7. The molecule has 2 aliphatic rings. The lowest BCUT2D eigenvalue weighted by Gasteiger charge is -2.43. The Labute approximate surface area is 181 Å². The molecule has 5 rings (SSSR count). The van der Waals surface area contributed by atoms with E-state index in [0.717, 1.165) is 22.7 Å². The molecular formula is C24H26N4O3. The predicted octanol–water partition coefficient (Wildman–Crippen LogP) is 3.89. The van der Waals surface area contributed by atoms with E-state index >= 15 is 0 Å². The van der Waals surface area contributed by atoms with E-state index in [0.29, 0.717) is 37.4 Å². The molecule has 2 aliphatic heterocycles. The highest BCUT2D eigenvalue weighted by Gasteiger charge is 2.45. The van der Waals surface area contributed by atoms with Crippen LogP contribution in [0, 0.1) is 6.92 Å². The van der Waals surface area contributed by atoms with Crippen molar-refractivity contribution in [1.82, 2.24) is 19.7 Å². The van der Waals surface area contributed by atoms with Gasteiger partial charge in [-0.1, -0.05) is 0 Å². The minimum absolute atomic E-state index is 0.0388. The molecule has 3 aromatic rings. The average molecular weight is 418 g/mol. The number of pyridine rings is 1. The number of hydrogen-bond acceptors (Lipinski definition) is 5. The van der Waals surface area contributed by atoms with Crippen LogP contribution in [0.5, 0.6) is 11.6 Å². The van der Waals surface area contributed by atoms with Gasteiger partial charge in [0.25, 0.3) is 5.91 Å². The van der Waals surface area contributed by atoms with Gasteiger partial charge in [-0.2, -0.15) is 5.10 Å². The Morgan fingerprint density at radius 3 is 2.71 bits per heavy atom. The van der Waals surface area contributed by atoms with Crippen molar-refractivity contribution < 1.29 is 14.3 Å². The molecule has 7 nitrogen and oxygen atoms in total. The number of ether oxygens (including phenoxy) is 2. The van der Waals surface area contributed by atoms with Gasteiger partial charge < -0.3 is 14.4 Å². The average Bonchev–Trinajstić information content (AvgIpc) is 3.27. The Balaban J connectivity index is 1.34. The summed E-state index contributed by atoms with van der Waals surface area (Å²) in [4.78, 5) is 19.5. The van der Waals surface area contributed by atoms with E-state index in [-0.39, 0.29) is 12.0 Å². The SMILES string of the molecule is Cc1cc(C(=O)N2CCC3(CC2)Oc2ncccc2-n2nccc23)ccc1OC(C)C. The second-order valence-electron chi connectivity index (χ2n) is 8.49. The molecule has 160 valence electrons. The number of hydrogen-bond donors (Lipinski definition) is 0. The Bertz CT molecular complexity index is 1130. The highest BCUT2D eigenvalue weighted by atomic mass is 16.5. The number of piperidine rings is 1. The Morgan fingerprint density at radius 1 is 1.16 bits per heavy atom. The van der Waals surface area contributed by atoms with Gasteiger partial charge in [0.15, 0.2) is 5.60 Å². The van der Waals surface area contributed by atoms with Crippen LogP contribution in [-0.4, -0.2) is 44.8 Å². The summed E-state index contributed by atoms with van der Waals surface area (Å²) in [7, 11) is 0. The Morgan fingerprint density at radius 2 is 1.97 bits per heavy atom. The summed E-state index contributed by atoms with van der Waals surface area (Å²) < 4.78 is 14.1. The van der Waals surface area contributed by atoms with Crippen molar-refractivity contribution in [2.45, 2.75) is 45.3 Å². The van der Waals surface area contributed by atoms with E-state index in [1.54, 1.807) is 12.4 Å². The zero-order valence-electron chi connectivity index (χ0n) is 18.0. The van der Waals surface area contributed by atoms with Crippen LogP contribution in [-0.2, 0) is 5.60 Å². The van der Waals surface area contributed by atoms with Crippen LogP contribution in [0.4, 0.5) is 0 Å². The maximum Gasteiger partial charge on any atom is 0.253 e. The fraction of sp³-hybridized carbons (Fsp3) is 0.375. The van der Waals surface area contributed by atoms with Gasteiger partial charge in [-0.25, -0.2) is 9.67 Å². The molecule has 0 unspecified atom stereocenters. The first kappa shape index (κ1) is 19.6. The smallest absolute Gasteiger partial charge is 0.253 e. The second-order valence-corrected chi connectivity index (χ2v) is 8.49. The van der Waals surface area contributed by atoms with Gasteiger partial charge in [-0.15, -0.1) is 0 Å². The van der Waals surface area contributed by atoms with Gasteiger partial charge in [-0.05, 0) is 62.7 Å². The largest absolute Gasteiger partial charge is 0.491 e. The maximum atomic E-state index is 13.2. The Hall–Kier alpha value is -3.35. The van der Waals surface area contributed by atoms with Crippen LogP contribution in [0.1, 0.15) is 48.3 Å². The summed E-state index contributed by atoms with van der Waals surface area (Å²) in [5.41, 5.74) is 3.01. The molecule has 7 heteroatoms.